The molecule has 0 aromatic rings. The summed E-state index contributed by atoms with van der Waals surface area (Å²) in [6, 6.07) is -0.456. The van der Waals surface area contributed by atoms with Crippen LogP contribution >= 0.6 is 0 Å². The van der Waals surface area contributed by atoms with Crippen LogP contribution < -0.4 is 11.1 Å². The maximum atomic E-state index is 11.6. The number of aliphatic hydroxyl groups is 2. The Labute approximate surface area is 87.2 Å². The molecule has 2 aliphatic rings. The summed E-state index contributed by atoms with van der Waals surface area (Å²) in [5, 5.41) is 22.0. The molecule has 0 heterocycles. The molecular formula is C9H15N3O3. The summed E-state index contributed by atoms with van der Waals surface area (Å²) < 4.78 is 0. The first-order valence-electron chi connectivity index (χ1n) is 4.91. The fourth-order valence-corrected chi connectivity index (χ4v) is 2.72. The van der Waals surface area contributed by atoms with Crippen LogP contribution in [0.25, 0.3) is 0 Å². The summed E-state index contributed by atoms with van der Waals surface area (Å²) >= 11 is 0. The number of nitrogens with two attached hydrogens (primary N) is 1. The fourth-order valence-electron chi connectivity index (χ4n) is 2.72. The molecule has 5 atom stereocenters. The van der Waals surface area contributed by atoms with Gasteiger partial charge in [0.15, 0.2) is 0 Å². The second-order valence-corrected chi connectivity index (χ2v) is 4.15. The predicted octanol–water partition coefficient (Wildman–Crippen LogP) is -2.17. The summed E-state index contributed by atoms with van der Waals surface area (Å²) in [7, 11) is 1.52. The molecule has 0 aromatic carbocycles. The van der Waals surface area contributed by atoms with Gasteiger partial charge in [-0.3, -0.25) is 9.79 Å². The number of aliphatic hydroxyl groups excluding tert-OH is 2. The van der Waals surface area contributed by atoms with Crippen LogP contribution in [0.1, 0.15) is 6.42 Å². The molecule has 5 unspecified atom stereocenters. The number of nitrogens with one attached hydrogen (secondary N) is 1. The highest BCUT2D eigenvalue weighted by Gasteiger charge is 2.74. The number of hydrogen-bond donors (Lipinski definition) is 4. The third kappa shape index (κ3) is 1.12. The van der Waals surface area contributed by atoms with Gasteiger partial charge >= 0.3 is 0 Å². The lowest BCUT2D eigenvalue weighted by Crippen LogP contribution is -2.41. The highest BCUT2D eigenvalue weighted by molar-refractivity contribution is 5.87. The van der Waals surface area contributed by atoms with Crippen molar-refractivity contribution in [2.75, 3.05) is 7.05 Å². The van der Waals surface area contributed by atoms with E-state index in [1.54, 1.807) is 0 Å². The monoisotopic (exact) mass is 213 g/mol. The number of nitrogens with zero attached hydrogens (tertiary/aromatic N) is 1. The van der Waals surface area contributed by atoms with Crippen molar-refractivity contribution in [2.24, 2.45) is 22.1 Å². The number of carbonyl (C=O) groups excluding carboxylic acids is 1. The van der Waals surface area contributed by atoms with E-state index in [2.05, 4.69) is 10.3 Å². The third-order valence-electron chi connectivity index (χ3n) is 3.58. The molecule has 1 amide bonds. The van der Waals surface area contributed by atoms with Gasteiger partial charge in [0.05, 0.1) is 23.9 Å². The number of carbonyl (C=O) groups is 1. The molecule has 0 radical (unpaired) electrons. The summed E-state index contributed by atoms with van der Waals surface area (Å²) in [6.45, 7) is 0. The van der Waals surface area contributed by atoms with E-state index in [1.807, 2.05) is 0 Å². The third-order valence-corrected chi connectivity index (χ3v) is 3.58. The standard InChI is InChI=1S/C9H15N3O3/c1-11-8(15)9-2-4(9)5(12-3-10)6(13)7(9)14/h3-7,13-14H,2H2,1H3,(H2,10,12)(H,11,15). The zero-order chi connectivity index (χ0) is 11.2. The lowest BCUT2D eigenvalue weighted by Gasteiger charge is -2.20. The van der Waals surface area contributed by atoms with Gasteiger partial charge in [-0.1, -0.05) is 0 Å². The average Bonchev–Trinajstić information content (AvgIpc) is 2.94. The zero-order valence-corrected chi connectivity index (χ0v) is 8.42. The van der Waals surface area contributed by atoms with Crippen LogP contribution in [0.4, 0.5) is 0 Å². The molecule has 0 bridgehead atoms. The van der Waals surface area contributed by atoms with E-state index in [1.165, 1.54) is 7.05 Å². The number of hydrogen-bond acceptors (Lipinski definition) is 4. The highest BCUT2D eigenvalue weighted by Crippen LogP contribution is 2.64. The molecule has 15 heavy (non-hydrogen) atoms. The summed E-state index contributed by atoms with van der Waals surface area (Å²) in [6.07, 6.45) is -0.372. The van der Waals surface area contributed by atoms with Crippen LogP contribution in [-0.4, -0.2) is 47.8 Å². The first kappa shape index (κ1) is 10.4. The molecule has 0 spiro atoms. The Morgan fingerprint density at radius 1 is 1.67 bits per heavy atom. The quantitative estimate of drug-likeness (QED) is 0.309. The fraction of sp³-hybridized carbons (Fsp3) is 0.778. The average molecular weight is 213 g/mol. The van der Waals surface area contributed by atoms with Gasteiger partial charge in [0.2, 0.25) is 5.91 Å². The molecule has 2 rings (SSSR count). The lowest BCUT2D eigenvalue weighted by atomic mass is 9.98. The number of rotatable bonds is 2. The molecule has 84 valence electrons. The summed E-state index contributed by atoms with van der Waals surface area (Å²) in [4.78, 5) is 15.5. The van der Waals surface area contributed by atoms with Crippen LogP contribution in [0.3, 0.4) is 0 Å². The second kappa shape index (κ2) is 3.18. The second-order valence-electron chi connectivity index (χ2n) is 4.15. The van der Waals surface area contributed by atoms with Crippen molar-refractivity contribution < 1.29 is 15.0 Å². The van der Waals surface area contributed by atoms with Gasteiger partial charge in [0, 0.05) is 13.0 Å². The van der Waals surface area contributed by atoms with E-state index in [-0.39, 0.29) is 11.8 Å². The first-order chi connectivity index (χ1) is 7.09. The van der Waals surface area contributed by atoms with Gasteiger partial charge in [-0.05, 0) is 6.42 Å². The minimum atomic E-state index is -1.05. The topological polar surface area (TPSA) is 108 Å². The molecule has 6 heteroatoms. The maximum absolute atomic E-state index is 11.6. The molecule has 5 N–H and O–H groups in total. The predicted molar refractivity (Wildman–Crippen MR) is 53.1 cm³/mol. The van der Waals surface area contributed by atoms with Crippen LogP contribution in [-0.2, 0) is 4.79 Å². The summed E-state index contributed by atoms with van der Waals surface area (Å²) in [5.74, 6) is -0.323. The molecule has 2 saturated carbocycles. The zero-order valence-electron chi connectivity index (χ0n) is 8.42. The minimum absolute atomic E-state index is 0.0951. The van der Waals surface area contributed by atoms with E-state index >= 15 is 0 Å². The SMILES string of the molecule is CNC(=O)C12CC1C(N=CN)C(O)C2O. The molecule has 6 nitrogen and oxygen atoms in total. The Kier molecular flexibility index (Phi) is 2.20. The maximum Gasteiger partial charge on any atom is 0.229 e. The van der Waals surface area contributed by atoms with Gasteiger partial charge in [0.25, 0.3) is 0 Å². The molecule has 2 fully saturated rings. The van der Waals surface area contributed by atoms with Gasteiger partial charge in [-0.15, -0.1) is 0 Å². The lowest BCUT2D eigenvalue weighted by molar-refractivity contribution is -0.131. The molecular weight excluding hydrogens is 198 g/mol. The largest absolute Gasteiger partial charge is 0.390 e. The highest BCUT2D eigenvalue weighted by atomic mass is 16.3. The van der Waals surface area contributed by atoms with Crippen molar-refractivity contribution >= 4 is 12.2 Å². The van der Waals surface area contributed by atoms with E-state index in [0.29, 0.717) is 6.42 Å². The van der Waals surface area contributed by atoms with Crippen molar-refractivity contribution in [2.45, 2.75) is 24.7 Å². The van der Waals surface area contributed by atoms with Crippen LogP contribution in [0.5, 0.6) is 0 Å². The van der Waals surface area contributed by atoms with Crippen LogP contribution in [0.15, 0.2) is 4.99 Å². The Morgan fingerprint density at radius 3 is 2.87 bits per heavy atom. The van der Waals surface area contributed by atoms with E-state index in [4.69, 9.17) is 5.73 Å². The Balaban J connectivity index is 2.25. The number of aliphatic imine (C=N–C) groups is 1. The van der Waals surface area contributed by atoms with Crippen LogP contribution in [0.2, 0.25) is 0 Å². The smallest absolute Gasteiger partial charge is 0.229 e. The Hall–Kier alpha value is -1.14. The number of fused-ring (bicyclic) bond motifs is 1. The molecule has 0 saturated heterocycles. The first-order valence-corrected chi connectivity index (χ1v) is 4.91. The van der Waals surface area contributed by atoms with Crippen molar-refractivity contribution in [1.29, 1.82) is 0 Å². The van der Waals surface area contributed by atoms with Crippen molar-refractivity contribution in [1.82, 2.24) is 5.32 Å². The van der Waals surface area contributed by atoms with Crippen LogP contribution in [0, 0.1) is 11.3 Å². The molecule has 0 aromatic heterocycles. The summed E-state index contributed by atoms with van der Waals surface area (Å²) in [5.41, 5.74) is 4.32. The molecule has 2 aliphatic carbocycles. The molecule has 0 aliphatic heterocycles. The van der Waals surface area contributed by atoms with Crippen molar-refractivity contribution in [3.63, 3.8) is 0 Å². The van der Waals surface area contributed by atoms with Gasteiger partial charge in [0.1, 0.15) is 6.10 Å². The Bertz CT molecular complexity index is 320. The minimum Gasteiger partial charge on any atom is -0.390 e. The van der Waals surface area contributed by atoms with E-state index < -0.39 is 23.7 Å². The van der Waals surface area contributed by atoms with Gasteiger partial charge in [-0.2, -0.15) is 0 Å². The van der Waals surface area contributed by atoms with Crippen molar-refractivity contribution in [3.05, 3.63) is 0 Å². The van der Waals surface area contributed by atoms with Gasteiger partial charge < -0.3 is 21.3 Å². The normalized spacial score (nSPS) is 47.9. The van der Waals surface area contributed by atoms with E-state index in [0.717, 1.165) is 6.34 Å². The van der Waals surface area contributed by atoms with Crippen molar-refractivity contribution in [3.8, 4) is 0 Å². The number of amides is 1. The Morgan fingerprint density at radius 2 is 2.33 bits per heavy atom. The van der Waals surface area contributed by atoms with Gasteiger partial charge in [-0.25, -0.2) is 0 Å². The van der Waals surface area contributed by atoms with E-state index in [9.17, 15) is 15.0 Å².